The Balaban J connectivity index is 0.000000149. The summed E-state index contributed by atoms with van der Waals surface area (Å²) < 4.78 is 18.7. The first-order valence-corrected chi connectivity index (χ1v) is 41.4. The van der Waals surface area contributed by atoms with Crippen LogP contribution in [0.25, 0.3) is 0 Å². The first kappa shape index (κ1) is 73.6. The van der Waals surface area contributed by atoms with Gasteiger partial charge in [-0.3, -0.25) is 0 Å². The first-order chi connectivity index (χ1) is 42.6. The van der Waals surface area contributed by atoms with Gasteiger partial charge in [-0.25, -0.2) is 0 Å². The van der Waals surface area contributed by atoms with Crippen molar-refractivity contribution in [2.24, 2.45) is 180 Å². The van der Waals surface area contributed by atoms with E-state index in [4.69, 9.17) is 13.6 Å². The van der Waals surface area contributed by atoms with Crippen LogP contribution in [0.15, 0.2) is 12.2 Å². The maximum atomic E-state index is 9.82. The van der Waals surface area contributed by atoms with Crippen LogP contribution < -0.4 is 0 Å². The second-order valence-electron chi connectivity index (χ2n) is 38.7. The van der Waals surface area contributed by atoms with E-state index >= 15 is 0 Å². The Morgan fingerprint density at radius 1 is 0.400 bits per heavy atom. The second kappa shape index (κ2) is 29.6. The zero-order chi connectivity index (χ0) is 65.2. The highest BCUT2D eigenvalue weighted by atomic mass is 31.0. The van der Waals surface area contributed by atoms with E-state index in [2.05, 4.69) is 165 Å². The van der Waals surface area contributed by atoms with Crippen molar-refractivity contribution in [3.05, 3.63) is 12.2 Å². The molecule has 12 unspecified atom stereocenters. The van der Waals surface area contributed by atoms with Crippen molar-refractivity contribution < 1.29 is 18.7 Å². The Labute approximate surface area is 565 Å². The molecule has 0 heterocycles. The summed E-state index contributed by atoms with van der Waals surface area (Å²) in [5.41, 5.74) is 3.14. The molecule has 12 aliphatic rings. The molecule has 0 aromatic carbocycles. The molecule has 0 radical (unpaired) electrons. The Bertz CT molecular complexity index is 2320. The molecule has 1 N–H and O–H groups in total. The first-order valence-electron chi connectivity index (χ1n) is 40.0. The monoisotopic (exact) mass is 1300 g/mol. The summed E-state index contributed by atoms with van der Waals surface area (Å²) in [7, 11) is 8.03. The lowest BCUT2D eigenvalue weighted by atomic mass is 9.43. The minimum Gasteiger partial charge on any atom is -0.396 e. The molecule has 35 atom stereocenters. The van der Waals surface area contributed by atoms with E-state index in [1.54, 1.807) is 0 Å². The van der Waals surface area contributed by atoms with E-state index < -0.39 is 0 Å². The molecule has 0 aromatic heterocycles. The van der Waals surface area contributed by atoms with Gasteiger partial charge in [0.25, 0.3) is 0 Å². The van der Waals surface area contributed by atoms with Crippen LogP contribution in [0, 0.1) is 180 Å². The summed E-state index contributed by atoms with van der Waals surface area (Å²) in [6, 6.07) is 0. The average Bonchev–Trinajstić information content (AvgIpc) is 1.32. The van der Waals surface area contributed by atoms with E-state index in [0.717, 1.165) is 130 Å². The molecule has 12 saturated carbocycles. The standard InChI is InChI=1S/C30H55OP.C30H53OP.C23H41O2P/c2*1-8-22(19(2)3)10-9-21(5)24-11-12-25-28-26(14-16-30(24,25)7)29(6)15-13-20(4)17-23(29)18-27(28)31-32;1-14-7-9-22(3)16(11-14)12-20(25-26)21-18-6-5-17(15(2)13-24)23(18,4)10-8-19(21)22/h19-28H,8-18,32H2,1-7H3;9-10,19-28H,8,11-18,32H2,1-7H3;14-21,24H,5-13,26H2,1-4H3/b;10-9+;/t2*20-,21+,22+,23-,24+,25?,26?,27?,28-,29-,30+;14-,15+,16-,17+,18?,19?,20?,21-,22-,23+/m000/s1. The van der Waals surface area contributed by atoms with Crippen LogP contribution in [0.4, 0.5) is 0 Å². The molecule has 90 heavy (non-hydrogen) atoms. The van der Waals surface area contributed by atoms with Crippen molar-refractivity contribution in [1.82, 2.24) is 0 Å². The van der Waals surface area contributed by atoms with E-state index in [-0.39, 0.29) is 0 Å². The number of aliphatic hydroxyl groups is 1. The van der Waals surface area contributed by atoms with Crippen LogP contribution >= 0.6 is 28.4 Å². The van der Waals surface area contributed by atoms with Gasteiger partial charge in [0, 0.05) is 35.0 Å². The van der Waals surface area contributed by atoms with E-state index in [1.165, 1.54) is 180 Å². The van der Waals surface area contributed by atoms with Crippen molar-refractivity contribution in [3.8, 4) is 0 Å². The minimum absolute atomic E-state index is 0.350. The Hall–Kier alpha value is 0.870. The maximum absolute atomic E-state index is 9.82. The predicted octanol–water partition coefficient (Wildman–Crippen LogP) is 23.8. The fraction of sp³-hybridized carbons (Fsp3) is 0.976. The van der Waals surface area contributed by atoms with Crippen LogP contribution in [0.5, 0.6) is 0 Å². The number of aliphatic hydroxyl groups excluding tert-OH is 1. The quantitative estimate of drug-likeness (QED) is 0.124. The lowest BCUT2D eigenvalue weighted by molar-refractivity contribution is -0.160. The summed E-state index contributed by atoms with van der Waals surface area (Å²) >= 11 is 0. The fourth-order valence-corrected chi connectivity index (χ4v) is 29.5. The molecular formula is C83H149O4P3. The number of hydrogen-bond acceptors (Lipinski definition) is 4. The molecule has 0 aliphatic heterocycles. The lowest BCUT2D eigenvalue weighted by Gasteiger charge is -2.63. The number of hydrogen-bond donors (Lipinski definition) is 1. The summed E-state index contributed by atoms with van der Waals surface area (Å²) in [4.78, 5) is 0. The molecule has 0 amide bonds. The fourth-order valence-electron chi connectivity index (χ4n) is 28.6. The Morgan fingerprint density at radius 3 is 1.08 bits per heavy atom. The molecule has 12 rings (SSSR count). The number of rotatable bonds is 16. The van der Waals surface area contributed by atoms with E-state index in [1.807, 2.05) is 0 Å². The third-order valence-electron chi connectivity index (χ3n) is 34.3. The zero-order valence-corrected chi connectivity index (χ0v) is 65.7. The lowest BCUT2D eigenvalue weighted by Crippen LogP contribution is -2.58. The zero-order valence-electron chi connectivity index (χ0n) is 62.2. The highest BCUT2D eigenvalue weighted by Gasteiger charge is 2.67. The van der Waals surface area contributed by atoms with Gasteiger partial charge in [-0.15, -0.1) is 0 Å². The number of fused-ring (bicyclic) bond motifs is 15. The third-order valence-corrected chi connectivity index (χ3v) is 35.3. The molecule has 12 fully saturated rings. The number of allylic oxidation sites excluding steroid dienone is 2. The molecule has 520 valence electrons. The smallest absolute Gasteiger partial charge is 0.0647 e. The van der Waals surface area contributed by atoms with Gasteiger partial charge in [0.2, 0.25) is 0 Å². The normalized spacial score (nSPS) is 50.2. The summed E-state index contributed by atoms with van der Waals surface area (Å²) in [5, 5.41) is 9.82. The molecule has 12 aliphatic carbocycles. The predicted molar refractivity (Wildman–Crippen MR) is 393 cm³/mol. The summed E-state index contributed by atoms with van der Waals surface area (Å²) in [5.74, 6) is 20.6. The van der Waals surface area contributed by atoms with Crippen LogP contribution in [0.2, 0.25) is 0 Å². The largest absolute Gasteiger partial charge is 0.396 e. The maximum Gasteiger partial charge on any atom is 0.0647 e. The van der Waals surface area contributed by atoms with E-state index in [0.29, 0.717) is 75.2 Å². The summed E-state index contributed by atoms with van der Waals surface area (Å²) in [6.07, 6.45) is 46.0. The molecule has 0 spiro atoms. The van der Waals surface area contributed by atoms with Gasteiger partial charge in [0.1, 0.15) is 0 Å². The molecule has 0 saturated heterocycles. The van der Waals surface area contributed by atoms with Gasteiger partial charge >= 0.3 is 0 Å². The van der Waals surface area contributed by atoms with Crippen LogP contribution in [0.1, 0.15) is 304 Å². The van der Waals surface area contributed by atoms with Crippen molar-refractivity contribution >= 4 is 28.4 Å². The molecular weight excluding hydrogens is 1150 g/mol. The third kappa shape index (κ3) is 13.4. The second-order valence-corrected chi connectivity index (χ2v) is 39.5. The molecule has 0 aromatic rings. The van der Waals surface area contributed by atoms with Crippen molar-refractivity contribution in [1.29, 1.82) is 0 Å². The Morgan fingerprint density at radius 2 is 0.744 bits per heavy atom. The van der Waals surface area contributed by atoms with Gasteiger partial charge in [-0.05, 0) is 328 Å². The highest BCUT2D eigenvalue weighted by molar-refractivity contribution is 7.10. The summed E-state index contributed by atoms with van der Waals surface area (Å²) in [6.45, 7) is 45.6. The van der Waals surface area contributed by atoms with Crippen molar-refractivity contribution in [2.45, 2.75) is 323 Å². The van der Waals surface area contributed by atoms with Gasteiger partial charge < -0.3 is 18.7 Å². The van der Waals surface area contributed by atoms with Gasteiger partial charge in [0.15, 0.2) is 0 Å². The van der Waals surface area contributed by atoms with Gasteiger partial charge in [-0.1, -0.05) is 169 Å². The van der Waals surface area contributed by atoms with Crippen LogP contribution in [-0.4, -0.2) is 30.0 Å². The minimum atomic E-state index is 0.350. The SMILES string of the molecule is CC[C@H](/C=C/[C@@H](C)[C@H]1CCC2[C@@H]3C(OP)C[C@@H]4C[C@@H](C)CC[C@]4(C)C3CC[C@@]21C)C(C)C.CC[C@H](CC[C@@H](C)[C@H]1CCC2[C@@H]3C(OP)C[C@@H]4C[C@@H](C)CC[C@]4(C)C3CC[C@@]21C)C(C)C.C[C@H]1CC[C@]2(C)C3CC[C@@]4(C)C(CC[C@@H]4[C@H](C)CO)[C@@H]3C(OP)C[C@@H]2C1. The molecule has 4 nitrogen and oxygen atoms in total. The topological polar surface area (TPSA) is 47.9 Å². The van der Waals surface area contributed by atoms with E-state index in [9.17, 15) is 5.11 Å². The Kier molecular flexibility index (Phi) is 24.2. The van der Waals surface area contributed by atoms with Gasteiger partial charge in [-0.2, -0.15) is 0 Å². The van der Waals surface area contributed by atoms with Crippen molar-refractivity contribution in [3.63, 3.8) is 0 Å². The van der Waals surface area contributed by atoms with Crippen molar-refractivity contribution in [2.75, 3.05) is 6.61 Å². The average molecular weight is 1300 g/mol. The molecule has 0 bridgehead atoms. The highest BCUT2D eigenvalue weighted by Crippen LogP contribution is 2.73. The van der Waals surface area contributed by atoms with Gasteiger partial charge in [0.05, 0.1) is 18.3 Å². The molecule has 7 heteroatoms. The van der Waals surface area contributed by atoms with Crippen LogP contribution in [-0.2, 0) is 13.6 Å². The van der Waals surface area contributed by atoms with Crippen LogP contribution in [0.3, 0.4) is 0 Å².